The number of nitrogens with one attached hydrogen (secondary N) is 2. The molecular weight excluding hydrogens is 653 g/mol. The first-order valence-corrected chi connectivity index (χ1v) is 16.1. The summed E-state index contributed by atoms with van der Waals surface area (Å²) in [5.74, 6) is -0.785. The van der Waals surface area contributed by atoms with Gasteiger partial charge in [-0.25, -0.2) is 14.6 Å². The number of carbonyl (C=O) groups is 3. The molecule has 0 bridgehead atoms. The van der Waals surface area contributed by atoms with E-state index in [4.69, 9.17) is 9.47 Å². The van der Waals surface area contributed by atoms with Crippen molar-refractivity contribution in [2.45, 2.75) is 52.2 Å². The molecule has 50 heavy (non-hydrogen) atoms. The van der Waals surface area contributed by atoms with Crippen molar-refractivity contribution in [3.63, 3.8) is 0 Å². The van der Waals surface area contributed by atoms with Gasteiger partial charge in [0.1, 0.15) is 11.4 Å². The lowest BCUT2D eigenvalue weighted by molar-refractivity contribution is -0.138. The van der Waals surface area contributed by atoms with Crippen LogP contribution in [-0.2, 0) is 35.3 Å². The van der Waals surface area contributed by atoms with Crippen molar-refractivity contribution in [2.24, 2.45) is 0 Å². The molecule has 14 heteroatoms. The van der Waals surface area contributed by atoms with Crippen molar-refractivity contribution in [3.05, 3.63) is 94.3 Å². The predicted octanol–water partition coefficient (Wildman–Crippen LogP) is 6.26. The molecule has 0 spiro atoms. The molecule has 11 nitrogen and oxygen atoms in total. The molecule has 0 radical (unpaired) electrons. The van der Waals surface area contributed by atoms with Crippen molar-refractivity contribution < 1.29 is 37.0 Å². The van der Waals surface area contributed by atoms with Crippen LogP contribution in [0, 0.1) is 0 Å². The van der Waals surface area contributed by atoms with Gasteiger partial charge in [-0.05, 0) is 80.9 Å². The summed E-state index contributed by atoms with van der Waals surface area (Å²) in [7, 11) is 3.25. The van der Waals surface area contributed by atoms with E-state index in [0.717, 1.165) is 19.2 Å². The van der Waals surface area contributed by atoms with E-state index in [1.807, 2.05) is 11.9 Å². The molecule has 3 aliphatic rings. The smallest absolute Gasteiger partial charge is 0.416 e. The number of H-pyrrole nitrogens is 1. The highest BCUT2D eigenvalue weighted by molar-refractivity contribution is 6.04. The minimum atomic E-state index is -4.63. The highest BCUT2D eigenvalue weighted by Gasteiger charge is 2.35. The molecular formula is C36H41F3N6O5. The van der Waals surface area contributed by atoms with Crippen LogP contribution >= 0.6 is 0 Å². The van der Waals surface area contributed by atoms with Crippen LogP contribution in [0.4, 0.5) is 23.7 Å². The Balaban J connectivity index is 1.33. The van der Waals surface area contributed by atoms with E-state index in [2.05, 4.69) is 20.2 Å². The third-order valence-electron chi connectivity index (χ3n) is 8.18. The maximum Gasteiger partial charge on any atom is 0.416 e. The summed E-state index contributed by atoms with van der Waals surface area (Å²) in [6, 6.07) is 13.8. The quantitative estimate of drug-likeness (QED) is 0.197. The average Bonchev–Trinajstić information content (AvgIpc) is 3.48. The summed E-state index contributed by atoms with van der Waals surface area (Å²) in [6.07, 6.45) is -3.54. The average molecular weight is 695 g/mol. The summed E-state index contributed by atoms with van der Waals surface area (Å²) in [5, 5.41) is 2.70. The van der Waals surface area contributed by atoms with Crippen LogP contribution in [0.5, 0.6) is 0 Å². The Kier molecular flexibility index (Phi) is 10.8. The van der Waals surface area contributed by atoms with Gasteiger partial charge in [-0.1, -0.05) is 18.2 Å². The summed E-state index contributed by atoms with van der Waals surface area (Å²) >= 11 is 0. The van der Waals surface area contributed by atoms with E-state index in [0.29, 0.717) is 41.3 Å². The number of esters is 1. The molecule has 0 unspecified atom stereocenters. The lowest BCUT2D eigenvalue weighted by Gasteiger charge is -2.33. The van der Waals surface area contributed by atoms with E-state index < -0.39 is 35.3 Å². The highest BCUT2D eigenvalue weighted by Crippen LogP contribution is 2.34. The molecule has 1 fully saturated rings. The van der Waals surface area contributed by atoms with E-state index in [1.165, 1.54) is 24.1 Å². The number of halogens is 3. The van der Waals surface area contributed by atoms with Crippen LogP contribution in [0.25, 0.3) is 11.4 Å². The normalized spacial score (nSPS) is 14.4. The molecule has 266 valence electrons. The van der Waals surface area contributed by atoms with Crippen molar-refractivity contribution in [2.75, 3.05) is 45.7 Å². The first-order chi connectivity index (χ1) is 23.6. The lowest BCUT2D eigenvalue weighted by atomic mass is 10.0. The number of nitrogens with zero attached hydrogens (tertiary/aromatic N) is 4. The maximum absolute atomic E-state index is 14.1. The van der Waals surface area contributed by atoms with Crippen LogP contribution in [0.2, 0.25) is 0 Å². The fourth-order valence-electron chi connectivity index (χ4n) is 5.63. The zero-order valence-electron chi connectivity index (χ0n) is 28.7. The number of hydrogen-bond donors (Lipinski definition) is 2. The Morgan fingerprint density at radius 3 is 2.36 bits per heavy atom. The summed E-state index contributed by atoms with van der Waals surface area (Å²) < 4.78 is 52.8. The molecule has 2 N–H and O–H groups in total. The molecule has 3 aliphatic heterocycles. The number of aromatic amines is 1. The number of alkyl halides is 3. The molecule has 0 atom stereocenters. The lowest BCUT2D eigenvalue weighted by Crippen LogP contribution is -2.44. The van der Waals surface area contributed by atoms with Gasteiger partial charge in [-0.2, -0.15) is 13.2 Å². The molecule has 0 aromatic heterocycles. The first-order valence-electron chi connectivity index (χ1n) is 16.1. The predicted molar refractivity (Wildman–Crippen MR) is 181 cm³/mol. The van der Waals surface area contributed by atoms with Gasteiger partial charge in [0.25, 0.3) is 5.91 Å². The van der Waals surface area contributed by atoms with Gasteiger partial charge in [0, 0.05) is 62.3 Å². The number of carbonyl (C=O) groups excluding carboxylic acids is 3. The largest absolute Gasteiger partial charge is 0.464 e. The van der Waals surface area contributed by atoms with Crippen molar-refractivity contribution in [1.82, 2.24) is 24.7 Å². The van der Waals surface area contributed by atoms with Crippen molar-refractivity contribution >= 4 is 23.7 Å². The zero-order chi connectivity index (χ0) is 36.2. The second kappa shape index (κ2) is 14.9. The number of methoxy groups -OCH3 is 1. The van der Waals surface area contributed by atoms with Gasteiger partial charge in [-0.15, -0.1) is 0 Å². The molecule has 2 amide bonds. The monoisotopic (exact) mass is 694 g/mol. The number of hydrogen-bond acceptors (Lipinski definition) is 8. The minimum absolute atomic E-state index is 0.0859. The number of fused-ring (bicyclic) bond motifs is 1. The number of rotatable bonds is 9. The number of likely N-dealkylation sites (N-methyl/N-ethyl adjacent to an activating group) is 1. The summed E-state index contributed by atoms with van der Waals surface area (Å²) in [4.78, 5) is 51.4. The number of anilines is 1. The van der Waals surface area contributed by atoms with Crippen molar-refractivity contribution in [3.8, 4) is 11.4 Å². The van der Waals surface area contributed by atoms with Gasteiger partial charge in [0.2, 0.25) is 0 Å². The fraction of sp³-hybridized carbons (Fsp3) is 0.389. The Morgan fingerprint density at radius 1 is 0.960 bits per heavy atom. The Morgan fingerprint density at radius 2 is 1.68 bits per heavy atom. The minimum Gasteiger partial charge on any atom is -0.464 e. The third-order valence-corrected chi connectivity index (χ3v) is 8.18. The van der Waals surface area contributed by atoms with Gasteiger partial charge < -0.3 is 24.7 Å². The molecule has 5 rings (SSSR count). The number of ether oxygens (including phenoxy) is 2. The van der Waals surface area contributed by atoms with Gasteiger partial charge >= 0.3 is 18.2 Å². The van der Waals surface area contributed by atoms with Crippen LogP contribution < -0.4 is 5.32 Å². The Bertz CT molecular complexity index is 1810. The maximum atomic E-state index is 14.1. The molecule has 0 aliphatic carbocycles. The zero-order valence-corrected chi connectivity index (χ0v) is 28.7. The summed E-state index contributed by atoms with van der Waals surface area (Å²) in [5.41, 5.74) is 0.880. The third kappa shape index (κ3) is 9.39. The van der Waals surface area contributed by atoms with Gasteiger partial charge in [0.05, 0.1) is 19.2 Å². The van der Waals surface area contributed by atoms with E-state index >= 15 is 0 Å². The number of amides is 2. The molecule has 2 aromatic carbocycles. The highest BCUT2D eigenvalue weighted by atomic mass is 19.4. The number of pyridine rings is 1. The van der Waals surface area contributed by atoms with Crippen LogP contribution in [0.3, 0.4) is 0 Å². The van der Waals surface area contributed by atoms with Crippen LogP contribution in [-0.4, -0.2) is 88.6 Å². The second-order valence-corrected chi connectivity index (χ2v) is 13.4. The van der Waals surface area contributed by atoms with Crippen LogP contribution in [0.15, 0.2) is 60.8 Å². The topological polar surface area (TPSA) is 120 Å². The Labute approximate surface area is 288 Å². The molecule has 3 heterocycles. The number of benzene rings is 2. The van der Waals surface area contributed by atoms with E-state index in [-0.39, 0.29) is 36.5 Å². The second-order valence-electron chi connectivity index (χ2n) is 13.4. The van der Waals surface area contributed by atoms with E-state index in [1.54, 1.807) is 63.4 Å². The van der Waals surface area contributed by atoms with Gasteiger partial charge in [-0.3, -0.25) is 14.6 Å². The molecule has 1 saturated heterocycles. The number of aromatic nitrogens is 2. The SMILES string of the molecule is COC(=O)c1cc2cc(CN(Cc3cccc(NC(=O)c4ccc(CN5CCN(C)CC5)c(C(F)(F)F)c4)c3)C(=O)OC(C)(C)C)c[nH]c-2n1. The van der Waals surface area contributed by atoms with Crippen LogP contribution in [0.1, 0.15) is 63.9 Å². The van der Waals surface area contributed by atoms with Crippen molar-refractivity contribution in [1.29, 1.82) is 0 Å². The molecule has 0 saturated carbocycles. The first kappa shape index (κ1) is 36.3. The fourth-order valence-corrected chi connectivity index (χ4v) is 5.63. The summed E-state index contributed by atoms with van der Waals surface area (Å²) in [6.45, 7) is 8.49. The Hall–Kier alpha value is -4.95. The number of piperazine rings is 1. The molecule has 2 aromatic rings. The standard InChI is InChI=1S/C36H41F3N6O5/c1-35(2,3)50-34(48)45(21-24-15-27-18-30(33(47)49-5)42-31(27)40-19-24)20-23-7-6-8-28(16-23)41-32(46)25-9-10-26(29(17-25)36(37,38)39)22-44-13-11-43(4)12-14-44/h6-10,15-19H,11-14,20-22H2,1-5H3,(H,40,42)(H,41,46). The van der Waals surface area contributed by atoms with Gasteiger partial charge in [0.15, 0.2) is 5.69 Å². The van der Waals surface area contributed by atoms with E-state index in [9.17, 15) is 27.6 Å².